The SMILES string of the molecule is CCNC1(C#N)CCCC1CCOC1CCCCC1. The molecule has 0 amide bonds. The Morgan fingerprint density at radius 2 is 2.00 bits per heavy atom. The van der Waals surface area contributed by atoms with Crippen LogP contribution in [-0.4, -0.2) is 24.8 Å². The summed E-state index contributed by atoms with van der Waals surface area (Å²) in [6.07, 6.45) is 11.4. The van der Waals surface area contributed by atoms with E-state index in [9.17, 15) is 5.26 Å². The summed E-state index contributed by atoms with van der Waals surface area (Å²) >= 11 is 0. The fourth-order valence-corrected chi connectivity index (χ4v) is 3.81. The van der Waals surface area contributed by atoms with Gasteiger partial charge in [0.25, 0.3) is 0 Å². The Hall–Kier alpha value is -0.590. The van der Waals surface area contributed by atoms with Gasteiger partial charge in [-0.25, -0.2) is 0 Å². The van der Waals surface area contributed by atoms with Gasteiger partial charge in [-0.15, -0.1) is 0 Å². The van der Waals surface area contributed by atoms with Crippen LogP contribution in [0.25, 0.3) is 0 Å². The quantitative estimate of drug-likeness (QED) is 0.799. The van der Waals surface area contributed by atoms with E-state index in [1.165, 1.54) is 44.9 Å². The first-order chi connectivity index (χ1) is 9.30. The Bertz CT molecular complexity index is 306. The summed E-state index contributed by atoms with van der Waals surface area (Å²) in [4.78, 5) is 0. The fraction of sp³-hybridized carbons (Fsp3) is 0.938. The summed E-state index contributed by atoms with van der Waals surface area (Å²) in [5.74, 6) is 0.473. The van der Waals surface area contributed by atoms with Gasteiger partial charge in [-0.05, 0) is 44.6 Å². The van der Waals surface area contributed by atoms with Crippen LogP contribution in [0.1, 0.15) is 64.7 Å². The van der Waals surface area contributed by atoms with Gasteiger partial charge in [0.05, 0.1) is 12.2 Å². The Labute approximate surface area is 117 Å². The number of nitriles is 1. The summed E-state index contributed by atoms with van der Waals surface area (Å²) in [5, 5.41) is 12.9. The minimum Gasteiger partial charge on any atom is -0.378 e. The molecule has 108 valence electrons. The molecule has 2 rings (SSSR count). The van der Waals surface area contributed by atoms with Crippen molar-refractivity contribution in [2.24, 2.45) is 5.92 Å². The van der Waals surface area contributed by atoms with E-state index in [0.717, 1.165) is 26.0 Å². The van der Waals surface area contributed by atoms with Gasteiger partial charge in [0, 0.05) is 6.61 Å². The highest BCUT2D eigenvalue weighted by molar-refractivity contribution is 5.13. The van der Waals surface area contributed by atoms with Crippen LogP contribution in [0, 0.1) is 17.2 Å². The zero-order chi connectivity index (χ0) is 13.6. The lowest BCUT2D eigenvalue weighted by Crippen LogP contribution is -2.47. The van der Waals surface area contributed by atoms with Crippen LogP contribution in [0.4, 0.5) is 0 Å². The summed E-state index contributed by atoms with van der Waals surface area (Å²) in [6.45, 7) is 3.81. The second kappa shape index (κ2) is 7.26. The van der Waals surface area contributed by atoms with Crippen LogP contribution < -0.4 is 5.32 Å². The number of rotatable bonds is 6. The van der Waals surface area contributed by atoms with Gasteiger partial charge in [0.2, 0.25) is 0 Å². The first kappa shape index (κ1) is 14.8. The maximum absolute atomic E-state index is 9.51. The fourth-order valence-electron chi connectivity index (χ4n) is 3.81. The number of nitrogens with zero attached hydrogens (tertiary/aromatic N) is 1. The Morgan fingerprint density at radius 3 is 2.68 bits per heavy atom. The third-order valence-electron chi connectivity index (χ3n) is 4.88. The highest BCUT2D eigenvalue weighted by Gasteiger charge is 2.42. The molecule has 2 unspecified atom stereocenters. The van der Waals surface area contributed by atoms with Crippen LogP contribution in [0.2, 0.25) is 0 Å². The van der Waals surface area contributed by atoms with Crippen LogP contribution in [-0.2, 0) is 4.74 Å². The summed E-state index contributed by atoms with van der Waals surface area (Å²) in [5.41, 5.74) is -0.273. The van der Waals surface area contributed by atoms with Crippen molar-refractivity contribution in [3.8, 4) is 6.07 Å². The van der Waals surface area contributed by atoms with E-state index in [4.69, 9.17) is 4.74 Å². The van der Waals surface area contributed by atoms with Gasteiger partial charge in [-0.2, -0.15) is 5.26 Å². The molecule has 3 heteroatoms. The largest absolute Gasteiger partial charge is 0.378 e. The van der Waals surface area contributed by atoms with Crippen LogP contribution in [0.3, 0.4) is 0 Å². The molecule has 1 N–H and O–H groups in total. The molecule has 0 radical (unpaired) electrons. The predicted octanol–water partition coefficient (Wildman–Crippen LogP) is 3.40. The van der Waals surface area contributed by atoms with Gasteiger partial charge in [0.1, 0.15) is 5.54 Å². The van der Waals surface area contributed by atoms with Crippen molar-refractivity contribution >= 4 is 0 Å². The molecule has 2 aliphatic rings. The molecule has 0 aromatic heterocycles. The van der Waals surface area contributed by atoms with Gasteiger partial charge >= 0.3 is 0 Å². The third kappa shape index (κ3) is 3.70. The zero-order valence-corrected chi connectivity index (χ0v) is 12.3. The van der Waals surface area contributed by atoms with Crippen LogP contribution >= 0.6 is 0 Å². The van der Waals surface area contributed by atoms with Crippen molar-refractivity contribution in [2.45, 2.75) is 76.4 Å². The number of ether oxygens (including phenoxy) is 1. The lowest BCUT2D eigenvalue weighted by atomic mass is 9.86. The smallest absolute Gasteiger partial charge is 0.109 e. The molecule has 0 spiro atoms. The minimum absolute atomic E-state index is 0.273. The zero-order valence-electron chi connectivity index (χ0n) is 12.3. The highest BCUT2D eigenvalue weighted by Crippen LogP contribution is 2.37. The maximum atomic E-state index is 9.51. The van der Waals surface area contributed by atoms with E-state index in [1.54, 1.807) is 0 Å². The van der Waals surface area contributed by atoms with E-state index < -0.39 is 0 Å². The van der Waals surface area contributed by atoms with Crippen molar-refractivity contribution in [1.82, 2.24) is 5.32 Å². The average Bonchev–Trinajstić information content (AvgIpc) is 2.84. The summed E-state index contributed by atoms with van der Waals surface area (Å²) in [7, 11) is 0. The molecule has 2 saturated carbocycles. The maximum Gasteiger partial charge on any atom is 0.109 e. The molecule has 0 aromatic carbocycles. The molecule has 3 nitrogen and oxygen atoms in total. The highest BCUT2D eigenvalue weighted by atomic mass is 16.5. The Morgan fingerprint density at radius 1 is 1.21 bits per heavy atom. The third-order valence-corrected chi connectivity index (χ3v) is 4.88. The molecule has 0 heterocycles. The van der Waals surface area contributed by atoms with Crippen molar-refractivity contribution in [1.29, 1.82) is 5.26 Å². The van der Waals surface area contributed by atoms with Crippen molar-refractivity contribution < 1.29 is 4.74 Å². The van der Waals surface area contributed by atoms with Crippen molar-refractivity contribution in [2.75, 3.05) is 13.2 Å². The molecule has 19 heavy (non-hydrogen) atoms. The molecular formula is C16H28N2O. The lowest BCUT2D eigenvalue weighted by Gasteiger charge is -2.30. The standard InChI is InChI=1S/C16H28N2O/c1-2-18-16(13-17)11-6-7-14(16)10-12-19-15-8-4-3-5-9-15/h14-15,18H,2-12H2,1H3. The van der Waals surface area contributed by atoms with Gasteiger partial charge in [0.15, 0.2) is 0 Å². The predicted molar refractivity (Wildman–Crippen MR) is 76.8 cm³/mol. The Balaban J connectivity index is 1.76. The molecule has 2 aliphatic carbocycles. The molecular weight excluding hydrogens is 236 g/mol. The number of hydrogen-bond acceptors (Lipinski definition) is 3. The second-order valence-electron chi connectivity index (χ2n) is 6.12. The van der Waals surface area contributed by atoms with E-state index in [1.807, 2.05) is 0 Å². The summed E-state index contributed by atoms with van der Waals surface area (Å²) in [6, 6.07) is 2.55. The summed E-state index contributed by atoms with van der Waals surface area (Å²) < 4.78 is 6.02. The number of nitrogens with one attached hydrogen (secondary N) is 1. The van der Waals surface area contributed by atoms with Crippen molar-refractivity contribution in [3.05, 3.63) is 0 Å². The van der Waals surface area contributed by atoms with Gasteiger partial charge in [-0.1, -0.05) is 32.6 Å². The van der Waals surface area contributed by atoms with Gasteiger partial charge < -0.3 is 4.74 Å². The molecule has 0 aromatic rings. The lowest BCUT2D eigenvalue weighted by molar-refractivity contribution is 0.0184. The minimum atomic E-state index is -0.273. The van der Waals surface area contributed by atoms with E-state index in [-0.39, 0.29) is 5.54 Å². The Kier molecular flexibility index (Phi) is 5.66. The van der Waals surface area contributed by atoms with Gasteiger partial charge in [-0.3, -0.25) is 5.32 Å². The monoisotopic (exact) mass is 264 g/mol. The molecule has 2 atom stereocenters. The molecule has 0 saturated heterocycles. The molecule has 2 fully saturated rings. The second-order valence-corrected chi connectivity index (χ2v) is 6.12. The first-order valence-corrected chi connectivity index (χ1v) is 8.08. The van der Waals surface area contributed by atoms with Crippen molar-refractivity contribution in [3.63, 3.8) is 0 Å². The van der Waals surface area contributed by atoms with Crippen LogP contribution in [0.5, 0.6) is 0 Å². The van der Waals surface area contributed by atoms with E-state index in [2.05, 4.69) is 18.3 Å². The topological polar surface area (TPSA) is 45.0 Å². The van der Waals surface area contributed by atoms with E-state index >= 15 is 0 Å². The van der Waals surface area contributed by atoms with Crippen LogP contribution in [0.15, 0.2) is 0 Å². The molecule has 0 aliphatic heterocycles. The normalized spacial score (nSPS) is 32.3. The van der Waals surface area contributed by atoms with E-state index in [0.29, 0.717) is 12.0 Å². The molecule has 0 bridgehead atoms. The average molecular weight is 264 g/mol. The first-order valence-electron chi connectivity index (χ1n) is 8.08. The number of hydrogen-bond donors (Lipinski definition) is 1.